The van der Waals surface area contributed by atoms with E-state index in [0.29, 0.717) is 19.6 Å². The minimum atomic E-state index is -0.0262. The van der Waals surface area contributed by atoms with Crippen LogP contribution in [0.3, 0.4) is 0 Å². The van der Waals surface area contributed by atoms with Crippen LogP contribution < -0.4 is 10.1 Å². The van der Waals surface area contributed by atoms with Crippen LogP contribution in [-0.2, 0) is 9.59 Å². The van der Waals surface area contributed by atoms with Crippen molar-refractivity contribution in [3.05, 3.63) is 29.8 Å². The Bertz CT molecular complexity index is 637. The number of amides is 2. The standard InChI is InChI=1S/C21H33N3O3/c1-15(2)21(26)24-12-10-16(11-13-24)20(25)22-14-18(23(3)4)17-8-6-7-9-19(17)27-5/h6-9,15-16,18H,10-14H2,1-5H3,(H,22,25). The summed E-state index contributed by atoms with van der Waals surface area (Å²) >= 11 is 0. The van der Waals surface area contributed by atoms with Crippen LogP contribution in [0.4, 0.5) is 0 Å². The first-order valence-corrected chi connectivity index (χ1v) is 9.71. The number of methoxy groups -OCH3 is 1. The minimum absolute atomic E-state index is 0.0112. The predicted molar refractivity (Wildman–Crippen MR) is 107 cm³/mol. The zero-order chi connectivity index (χ0) is 20.0. The number of likely N-dealkylation sites (N-methyl/N-ethyl adjacent to an activating group) is 1. The van der Waals surface area contributed by atoms with E-state index in [1.165, 1.54) is 0 Å². The molecule has 1 aromatic carbocycles. The van der Waals surface area contributed by atoms with Gasteiger partial charge in [-0.25, -0.2) is 0 Å². The highest BCUT2D eigenvalue weighted by molar-refractivity contribution is 5.80. The number of carbonyl (C=O) groups is 2. The fourth-order valence-corrected chi connectivity index (χ4v) is 3.58. The smallest absolute Gasteiger partial charge is 0.225 e. The number of benzene rings is 1. The fraction of sp³-hybridized carbons (Fsp3) is 0.619. The maximum Gasteiger partial charge on any atom is 0.225 e. The van der Waals surface area contributed by atoms with Gasteiger partial charge >= 0.3 is 0 Å². The molecular weight excluding hydrogens is 342 g/mol. The molecule has 150 valence electrons. The third-order valence-electron chi connectivity index (χ3n) is 5.26. The Balaban J connectivity index is 1.93. The topological polar surface area (TPSA) is 61.9 Å². The molecule has 0 saturated carbocycles. The molecule has 6 heteroatoms. The number of rotatable bonds is 7. The molecule has 1 atom stereocenters. The Morgan fingerprint density at radius 3 is 2.41 bits per heavy atom. The lowest BCUT2D eigenvalue weighted by Crippen LogP contribution is -2.45. The molecule has 1 aliphatic rings. The van der Waals surface area contributed by atoms with Crippen molar-refractivity contribution >= 4 is 11.8 Å². The van der Waals surface area contributed by atoms with Gasteiger partial charge in [-0.2, -0.15) is 0 Å². The molecule has 6 nitrogen and oxygen atoms in total. The molecule has 1 aromatic rings. The summed E-state index contributed by atoms with van der Waals surface area (Å²) in [4.78, 5) is 28.7. The van der Waals surface area contributed by atoms with Gasteiger partial charge in [-0.3, -0.25) is 9.59 Å². The van der Waals surface area contributed by atoms with Gasteiger partial charge in [0.1, 0.15) is 5.75 Å². The largest absolute Gasteiger partial charge is 0.496 e. The van der Waals surface area contributed by atoms with Crippen molar-refractivity contribution < 1.29 is 14.3 Å². The van der Waals surface area contributed by atoms with E-state index in [0.717, 1.165) is 24.2 Å². The molecular formula is C21H33N3O3. The summed E-state index contributed by atoms with van der Waals surface area (Å²) in [6, 6.07) is 7.94. The Hall–Kier alpha value is -2.08. The lowest BCUT2D eigenvalue weighted by molar-refractivity contribution is -0.138. The molecule has 0 aromatic heterocycles. The molecule has 0 spiro atoms. The summed E-state index contributed by atoms with van der Waals surface area (Å²) in [7, 11) is 5.66. The van der Waals surface area contributed by atoms with Crippen LogP contribution >= 0.6 is 0 Å². The SMILES string of the molecule is COc1ccccc1C(CNC(=O)C1CCN(C(=O)C(C)C)CC1)N(C)C. The Morgan fingerprint density at radius 2 is 1.85 bits per heavy atom. The zero-order valence-corrected chi connectivity index (χ0v) is 17.2. The number of hydrogen-bond donors (Lipinski definition) is 1. The monoisotopic (exact) mass is 375 g/mol. The van der Waals surface area contributed by atoms with Gasteiger partial charge in [0.25, 0.3) is 0 Å². The van der Waals surface area contributed by atoms with Crippen molar-refractivity contribution in [3.8, 4) is 5.75 Å². The average Bonchev–Trinajstić information content (AvgIpc) is 2.67. The molecule has 27 heavy (non-hydrogen) atoms. The van der Waals surface area contributed by atoms with Crippen molar-refractivity contribution in [3.63, 3.8) is 0 Å². The number of nitrogens with one attached hydrogen (secondary N) is 1. The molecule has 1 aliphatic heterocycles. The number of para-hydroxylation sites is 1. The quantitative estimate of drug-likeness (QED) is 0.794. The van der Waals surface area contributed by atoms with Crippen LogP contribution in [0.5, 0.6) is 5.75 Å². The second kappa shape index (κ2) is 9.74. The van der Waals surface area contributed by atoms with Crippen LogP contribution in [0.2, 0.25) is 0 Å². The molecule has 1 N–H and O–H groups in total. The molecule has 0 bridgehead atoms. The van der Waals surface area contributed by atoms with E-state index >= 15 is 0 Å². The number of likely N-dealkylation sites (tertiary alicyclic amines) is 1. The van der Waals surface area contributed by atoms with Gasteiger partial charge in [-0.15, -0.1) is 0 Å². The Morgan fingerprint density at radius 1 is 1.22 bits per heavy atom. The number of piperidine rings is 1. The summed E-state index contributed by atoms with van der Waals surface area (Å²) in [5.74, 6) is 1.07. The van der Waals surface area contributed by atoms with Crippen molar-refractivity contribution in [1.82, 2.24) is 15.1 Å². The molecule has 1 saturated heterocycles. The summed E-state index contributed by atoms with van der Waals surface area (Å²) < 4.78 is 5.48. The van der Waals surface area contributed by atoms with E-state index in [2.05, 4.69) is 10.2 Å². The zero-order valence-electron chi connectivity index (χ0n) is 17.2. The van der Waals surface area contributed by atoms with E-state index in [1.54, 1.807) is 7.11 Å². The maximum absolute atomic E-state index is 12.7. The summed E-state index contributed by atoms with van der Waals surface area (Å²) in [5, 5.41) is 3.11. The highest BCUT2D eigenvalue weighted by Gasteiger charge is 2.29. The van der Waals surface area contributed by atoms with Crippen molar-refractivity contribution in [2.45, 2.75) is 32.7 Å². The Kier molecular flexibility index (Phi) is 7.66. The van der Waals surface area contributed by atoms with Crippen LogP contribution in [0.15, 0.2) is 24.3 Å². The lowest BCUT2D eigenvalue weighted by Gasteiger charge is -2.33. The predicted octanol–water partition coefficient (Wildman–Crippen LogP) is 2.31. The van der Waals surface area contributed by atoms with Crippen molar-refractivity contribution in [2.24, 2.45) is 11.8 Å². The molecule has 1 unspecified atom stereocenters. The van der Waals surface area contributed by atoms with Crippen LogP contribution in [0.1, 0.15) is 38.3 Å². The highest BCUT2D eigenvalue weighted by Crippen LogP contribution is 2.27. The van der Waals surface area contributed by atoms with Crippen LogP contribution in [0, 0.1) is 11.8 Å². The van der Waals surface area contributed by atoms with Gasteiger partial charge in [0, 0.05) is 37.0 Å². The third kappa shape index (κ3) is 5.45. The summed E-state index contributed by atoms with van der Waals surface area (Å²) in [5.41, 5.74) is 1.06. The first-order chi connectivity index (χ1) is 12.8. The fourth-order valence-electron chi connectivity index (χ4n) is 3.58. The van der Waals surface area contributed by atoms with Gasteiger partial charge in [0.2, 0.25) is 11.8 Å². The molecule has 0 aliphatic carbocycles. The van der Waals surface area contributed by atoms with Gasteiger partial charge in [0.05, 0.1) is 13.2 Å². The van der Waals surface area contributed by atoms with Gasteiger partial charge in [0.15, 0.2) is 0 Å². The summed E-state index contributed by atoms with van der Waals surface area (Å²) in [6.45, 7) is 5.69. The average molecular weight is 376 g/mol. The lowest BCUT2D eigenvalue weighted by atomic mass is 9.94. The highest BCUT2D eigenvalue weighted by atomic mass is 16.5. The van der Waals surface area contributed by atoms with E-state index in [1.807, 2.05) is 57.1 Å². The van der Waals surface area contributed by atoms with E-state index < -0.39 is 0 Å². The maximum atomic E-state index is 12.7. The van der Waals surface area contributed by atoms with Crippen molar-refractivity contribution in [1.29, 1.82) is 0 Å². The number of carbonyl (C=O) groups excluding carboxylic acids is 2. The van der Waals surface area contributed by atoms with E-state index in [-0.39, 0.29) is 29.7 Å². The minimum Gasteiger partial charge on any atom is -0.496 e. The summed E-state index contributed by atoms with van der Waals surface area (Å²) in [6.07, 6.45) is 1.46. The van der Waals surface area contributed by atoms with Gasteiger partial charge in [-0.05, 0) is 33.0 Å². The first-order valence-electron chi connectivity index (χ1n) is 9.71. The van der Waals surface area contributed by atoms with Gasteiger partial charge in [-0.1, -0.05) is 32.0 Å². The van der Waals surface area contributed by atoms with E-state index in [4.69, 9.17) is 4.74 Å². The number of nitrogens with zero attached hydrogens (tertiary/aromatic N) is 2. The molecule has 0 radical (unpaired) electrons. The molecule has 1 heterocycles. The number of ether oxygens (including phenoxy) is 1. The third-order valence-corrected chi connectivity index (χ3v) is 5.26. The number of hydrogen-bond acceptors (Lipinski definition) is 4. The Labute approximate surface area is 162 Å². The molecule has 1 fully saturated rings. The second-order valence-electron chi connectivity index (χ2n) is 7.72. The van der Waals surface area contributed by atoms with E-state index in [9.17, 15) is 9.59 Å². The normalized spacial score (nSPS) is 16.5. The van der Waals surface area contributed by atoms with Gasteiger partial charge < -0.3 is 19.9 Å². The van der Waals surface area contributed by atoms with Crippen molar-refractivity contribution in [2.75, 3.05) is 40.8 Å². The van der Waals surface area contributed by atoms with Crippen LogP contribution in [0.25, 0.3) is 0 Å². The van der Waals surface area contributed by atoms with Crippen LogP contribution in [-0.4, -0.2) is 62.5 Å². The molecule has 2 rings (SSSR count). The first kappa shape index (κ1) is 21.2. The molecule has 2 amide bonds. The second-order valence-corrected chi connectivity index (χ2v) is 7.72.